The highest BCUT2D eigenvalue weighted by Crippen LogP contribution is 2.25. The Morgan fingerprint density at radius 1 is 1.05 bits per heavy atom. The number of alkyl halides is 2. The molecule has 3 aromatic heterocycles. The van der Waals surface area contributed by atoms with Gasteiger partial charge in [0.25, 0.3) is 5.91 Å². The molecule has 1 aromatic carbocycles. The van der Waals surface area contributed by atoms with E-state index >= 15 is 0 Å². The molecule has 1 fully saturated rings. The fourth-order valence-electron chi connectivity index (χ4n) is 4.41. The van der Waals surface area contributed by atoms with E-state index in [1.54, 1.807) is 30.6 Å². The normalized spacial score (nSPS) is 14.5. The van der Waals surface area contributed by atoms with Crippen molar-refractivity contribution in [2.24, 2.45) is 0 Å². The van der Waals surface area contributed by atoms with E-state index in [1.807, 2.05) is 29.2 Å². The second-order valence-electron chi connectivity index (χ2n) is 9.87. The summed E-state index contributed by atoms with van der Waals surface area (Å²) in [5.41, 5.74) is 3.38. The summed E-state index contributed by atoms with van der Waals surface area (Å²) in [5, 5.41) is 4.12. The Labute approximate surface area is 225 Å². The molecule has 11 heteroatoms. The van der Waals surface area contributed by atoms with Crippen molar-refractivity contribution in [2.45, 2.75) is 25.7 Å². The summed E-state index contributed by atoms with van der Waals surface area (Å²) in [6.07, 6.45) is 3.24. The highest BCUT2D eigenvalue weighted by Gasteiger charge is 2.22. The van der Waals surface area contributed by atoms with Gasteiger partial charge in [0.15, 0.2) is 0 Å². The van der Waals surface area contributed by atoms with Crippen LogP contribution in [0.3, 0.4) is 0 Å². The third kappa shape index (κ3) is 6.85. The number of pyridine rings is 1. The number of carbonyl (C=O) groups is 1. The summed E-state index contributed by atoms with van der Waals surface area (Å²) in [5.74, 6) is -1.78. The summed E-state index contributed by atoms with van der Waals surface area (Å²) in [6.45, 7) is 4.26. The number of nitrogens with one attached hydrogen (secondary N) is 2. The lowest BCUT2D eigenvalue weighted by molar-refractivity contribution is 0.00768. The largest absolute Gasteiger partial charge is 0.493 e. The van der Waals surface area contributed by atoms with Gasteiger partial charge in [-0.15, -0.1) is 0 Å². The lowest BCUT2D eigenvalue weighted by Gasteiger charge is -2.32. The first-order chi connectivity index (χ1) is 18.7. The van der Waals surface area contributed by atoms with Gasteiger partial charge in [0.05, 0.1) is 18.0 Å². The van der Waals surface area contributed by atoms with Crippen LogP contribution in [0.2, 0.25) is 0 Å². The SMILES string of the molecule is CN1CCN(C(=O)c2cc3cc(Nc4nccc(-c5cc(OCCCC(C)(F)F)ccn5)n4)ccc3[nH]2)CC1. The van der Waals surface area contributed by atoms with Gasteiger partial charge in [-0.25, -0.2) is 18.7 Å². The molecular formula is C28H31F2N7O2. The molecule has 1 aliphatic rings. The lowest BCUT2D eigenvalue weighted by atomic mass is 10.2. The predicted octanol–water partition coefficient (Wildman–Crippen LogP) is 4.97. The molecule has 4 aromatic rings. The average molecular weight is 536 g/mol. The predicted molar refractivity (Wildman–Crippen MR) is 146 cm³/mol. The van der Waals surface area contributed by atoms with E-state index in [4.69, 9.17) is 4.74 Å². The molecule has 1 aliphatic heterocycles. The number of halogens is 2. The van der Waals surface area contributed by atoms with E-state index in [9.17, 15) is 13.6 Å². The zero-order valence-corrected chi connectivity index (χ0v) is 22.0. The van der Waals surface area contributed by atoms with Gasteiger partial charge in [-0.1, -0.05) is 0 Å². The summed E-state index contributed by atoms with van der Waals surface area (Å²) in [7, 11) is 2.06. The van der Waals surface area contributed by atoms with Crippen molar-refractivity contribution in [3.8, 4) is 17.1 Å². The smallest absolute Gasteiger partial charge is 0.270 e. The number of piperazine rings is 1. The van der Waals surface area contributed by atoms with Crippen LogP contribution in [0.5, 0.6) is 5.75 Å². The quantitative estimate of drug-likeness (QED) is 0.292. The van der Waals surface area contributed by atoms with Crippen LogP contribution in [0.15, 0.2) is 54.9 Å². The number of H-pyrrole nitrogens is 1. The number of rotatable bonds is 9. The van der Waals surface area contributed by atoms with E-state index < -0.39 is 5.92 Å². The molecule has 1 saturated heterocycles. The molecule has 39 heavy (non-hydrogen) atoms. The number of hydrogen-bond acceptors (Lipinski definition) is 7. The number of nitrogens with zero attached hydrogens (tertiary/aromatic N) is 5. The molecule has 2 N–H and O–H groups in total. The lowest BCUT2D eigenvalue weighted by Crippen LogP contribution is -2.47. The highest BCUT2D eigenvalue weighted by atomic mass is 19.3. The zero-order valence-electron chi connectivity index (χ0n) is 22.0. The van der Waals surface area contributed by atoms with Crippen LogP contribution in [0.1, 0.15) is 30.3 Å². The molecule has 9 nitrogen and oxygen atoms in total. The zero-order chi connectivity index (χ0) is 27.4. The standard InChI is InChI=1S/C28H31F2N7O2/c1-28(29,30)8-3-15-39-21-6-9-31-24(18-21)23-7-10-32-27(35-23)33-20-4-5-22-19(16-20)17-25(34-22)26(38)37-13-11-36(2)12-14-37/h4-7,9-10,16-18,34H,3,8,11-15H2,1-2H3,(H,32,33,35). The molecule has 4 heterocycles. The Balaban J connectivity index is 1.26. The number of likely N-dealkylation sites (N-methyl/N-ethyl adjacent to an activating group) is 1. The average Bonchev–Trinajstić information content (AvgIpc) is 3.35. The Morgan fingerprint density at radius 2 is 1.85 bits per heavy atom. The molecule has 0 atom stereocenters. The van der Waals surface area contributed by atoms with Gasteiger partial charge in [-0.3, -0.25) is 9.78 Å². The monoisotopic (exact) mass is 535 g/mol. The number of hydrogen-bond donors (Lipinski definition) is 2. The van der Waals surface area contributed by atoms with Crippen LogP contribution in [0.25, 0.3) is 22.3 Å². The highest BCUT2D eigenvalue weighted by molar-refractivity contribution is 5.98. The summed E-state index contributed by atoms with van der Waals surface area (Å²) in [6, 6.07) is 12.8. The molecule has 204 valence electrons. The number of aromatic nitrogens is 4. The Hall–Kier alpha value is -4.12. The van der Waals surface area contributed by atoms with Crippen LogP contribution >= 0.6 is 0 Å². The maximum Gasteiger partial charge on any atom is 0.270 e. The summed E-state index contributed by atoms with van der Waals surface area (Å²) >= 11 is 0. The van der Waals surface area contributed by atoms with E-state index in [-0.39, 0.29) is 25.4 Å². The van der Waals surface area contributed by atoms with E-state index in [2.05, 4.69) is 37.2 Å². The number of benzene rings is 1. The van der Waals surface area contributed by atoms with E-state index in [0.717, 1.165) is 36.6 Å². The first-order valence-electron chi connectivity index (χ1n) is 12.9. The minimum atomic E-state index is -2.70. The van der Waals surface area contributed by atoms with Crippen molar-refractivity contribution in [3.05, 3.63) is 60.6 Å². The van der Waals surface area contributed by atoms with Crippen molar-refractivity contribution in [1.29, 1.82) is 0 Å². The topological polar surface area (TPSA) is 99.3 Å². The minimum Gasteiger partial charge on any atom is -0.493 e. The van der Waals surface area contributed by atoms with Gasteiger partial charge >= 0.3 is 0 Å². The van der Waals surface area contributed by atoms with Crippen molar-refractivity contribution in [1.82, 2.24) is 29.7 Å². The van der Waals surface area contributed by atoms with Crippen molar-refractivity contribution < 1.29 is 18.3 Å². The number of aromatic amines is 1. The molecule has 5 rings (SSSR count). The number of ether oxygens (including phenoxy) is 1. The Morgan fingerprint density at radius 3 is 2.64 bits per heavy atom. The van der Waals surface area contributed by atoms with Crippen LogP contribution in [0, 0.1) is 0 Å². The second-order valence-corrected chi connectivity index (χ2v) is 9.87. The maximum atomic E-state index is 13.0. The third-order valence-electron chi connectivity index (χ3n) is 6.58. The molecule has 0 unspecified atom stereocenters. The van der Waals surface area contributed by atoms with Gasteiger partial charge in [0.1, 0.15) is 11.4 Å². The van der Waals surface area contributed by atoms with Crippen molar-refractivity contribution in [3.63, 3.8) is 0 Å². The van der Waals surface area contributed by atoms with Crippen molar-refractivity contribution >= 4 is 28.4 Å². The van der Waals surface area contributed by atoms with Gasteiger partial charge in [-0.2, -0.15) is 0 Å². The molecular weight excluding hydrogens is 504 g/mol. The molecule has 0 spiro atoms. The molecule has 0 saturated carbocycles. The first-order valence-corrected chi connectivity index (χ1v) is 12.9. The fourth-order valence-corrected chi connectivity index (χ4v) is 4.41. The van der Waals surface area contributed by atoms with Crippen LogP contribution in [0.4, 0.5) is 20.4 Å². The van der Waals surface area contributed by atoms with Gasteiger partial charge in [0, 0.05) is 67.7 Å². The van der Waals surface area contributed by atoms with Crippen LogP contribution in [-0.4, -0.2) is 81.4 Å². The van der Waals surface area contributed by atoms with Gasteiger partial charge in [0.2, 0.25) is 11.9 Å². The maximum absolute atomic E-state index is 13.0. The number of fused-ring (bicyclic) bond motifs is 1. The molecule has 0 radical (unpaired) electrons. The van der Waals surface area contributed by atoms with Gasteiger partial charge < -0.3 is 24.8 Å². The molecule has 0 aliphatic carbocycles. The summed E-state index contributed by atoms with van der Waals surface area (Å²) in [4.78, 5) is 33.5. The van der Waals surface area contributed by atoms with E-state index in [0.29, 0.717) is 41.9 Å². The molecule has 1 amide bonds. The van der Waals surface area contributed by atoms with Gasteiger partial charge in [-0.05, 0) is 56.8 Å². The number of amides is 1. The third-order valence-corrected chi connectivity index (χ3v) is 6.58. The Kier molecular flexibility index (Phi) is 7.69. The van der Waals surface area contributed by atoms with Crippen LogP contribution < -0.4 is 10.1 Å². The second kappa shape index (κ2) is 11.3. The van der Waals surface area contributed by atoms with Crippen molar-refractivity contribution in [2.75, 3.05) is 45.2 Å². The summed E-state index contributed by atoms with van der Waals surface area (Å²) < 4.78 is 31.7. The minimum absolute atomic E-state index is 0.00635. The van der Waals surface area contributed by atoms with E-state index in [1.165, 1.54) is 0 Å². The molecule has 0 bridgehead atoms. The number of anilines is 2. The Bertz CT molecular complexity index is 1450. The van der Waals surface area contributed by atoms with Crippen LogP contribution in [-0.2, 0) is 0 Å². The first kappa shape index (κ1) is 26.5. The number of carbonyl (C=O) groups excluding carboxylic acids is 1. The fraction of sp³-hybridized carbons (Fsp3) is 0.357.